The van der Waals surface area contributed by atoms with Gasteiger partial charge in [-0.2, -0.15) is 5.10 Å². The van der Waals surface area contributed by atoms with E-state index in [4.69, 9.17) is 0 Å². The van der Waals surface area contributed by atoms with Crippen LogP contribution < -0.4 is 0 Å². The van der Waals surface area contributed by atoms with Gasteiger partial charge in [0.2, 0.25) is 0 Å². The van der Waals surface area contributed by atoms with Gasteiger partial charge in [-0.3, -0.25) is 9.58 Å². The first kappa shape index (κ1) is 15.0. The third-order valence-corrected chi connectivity index (χ3v) is 5.30. The van der Waals surface area contributed by atoms with Gasteiger partial charge in [-0.05, 0) is 51.5 Å². The van der Waals surface area contributed by atoms with Crippen molar-refractivity contribution in [2.24, 2.45) is 11.8 Å². The van der Waals surface area contributed by atoms with Crippen LogP contribution in [0.4, 0.5) is 0 Å². The van der Waals surface area contributed by atoms with Crippen LogP contribution in [0.1, 0.15) is 31.2 Å². The molecule has 0 amide bonds. The molecule has 2 fully saturated rings. The van der Waals surface area contributed by atoms with Crippen molar-refractivity contribution in [2.45, 2.75) is 58.4 Å². The number of aryl methyl sites for hydroxylation is 2. The summed E-state index contributed by atoms with van der Waals surface area (Å²) in [4.78, 5) is 2.50. The highest BCUT2D eigenvalue weighted by Gasteiger charge is 2.42. The molecule has 1 unspecified atom stereocenters. The zero-order chi connectivity index (χ0) is 15.1. The SMILES string of the molecule is Cc1cc(C)n(CC(C)N2C[C@H]3C[C@H](O)[C@H](O)C[C@H]3C2)n1. The summed E-state index contributed by atoms with van der Waals surface area (Å²) in [5, 5.41) is 24.2. The number of aliphatic hydroxyl groups excluding tert-OH is 2. The maximum atomic E-state index is 9.84. The van der Waals surface area contributed by atoms with Gasteiger partial charge < -0.3 is 10.2 Å². The van der Waals surface area contributed by atoms with Crippen LogP contribution in [0, 0.1) is 25.7 Å². The van der Waals surface area contributed by atoms with E-state index in [1.807, 2.05) is 6.92 Å². The van der Waals surface area contributed by atoms with E-state index in [0.717, 1.165) is 38.2 Å². The molecule has 0 bridgehead atoms. The van der Waals surface area contributed by atoms with Crippen LogP contribution in [-0.2, 0) is 6.54 Å². The monoisotopic (exact) mass is 293 g/mol. The number of aliphatic hydroxyl groups is 2. The quantitative estimate of drug-likeness (QED) is 0.871. The summed E-state index contributed by atoms with van der Waals surface area (Å²) in [6.45, 7) is 9.36. The zero-order valence-corrected chi connectivity index (χ0v) is 13.2. The van der Waals surface area contributed by atoms with Gasteiger partial charge in [-0.15, -0.1) is 0 Å². The van der Waals surface area contributed by atoms with E-state index < -0.39 is 12.2 Å². The smallest absolute Gasteiger partial charge is 0.0802 e. The van der Waals surface area contributed by atoms with Crippen LogP contribution in [0.5, 0.6) is 0 Å². The van der Waals surface area contributed by atoms with Crippen molar-refractivity contribution in [2.75, 3.05) is 13.1 Å². The number of hydrogen-bond donors (Lipinski definition) is 2. The predicted octanol–water partition coefficient (Wildman–Crippen LogP) is 0.952. The molecule has 0 aromatic carbocycles. The third-order valence-electron chi connectivity index (χ3n) is 5.30. The molecule has 1 aliphatic carbocycles. The molecule has 5 atom stereocenters. The zero-order valence-electron chi connectivity index (χ0n) is 13.2. The number of nitrogens with zero attached hydrogens (tertiary/aromatic N) is 3. The Kier molecular flexibility index (Phi) is 4.08. The highest BCUT2D eigenvalue weighted by molar-refractivity contribution is 5.06. The first-order valence-electron chi connectivity index (χ1n) is 8.05. The molecular weight excluding hydrogens is 266 g/mol. The Labute approximate surface area is 126 Å². The lowest BCUT2D eigenvalue weighted by Crippen LogP contribution is -2.38. The highest BCUT2D eigenvalue weighted by atomic mass is 16.3. The lowest BCUT2D eigenvalue weighted by molar-refractivity contribution is -0.0372. The molecule has 5 heteroatoms. The Hall–Kier alpha value is -0.910. The summed E-state index contributed by atoms with van der Waals surface area (Å²) in [5.74, 6) is 1.07. The standard InChI is InChI=1S/C16H27N3O2/c1-10-4-11(2)19(17-10)7-12(3)18-8-13-5-15(20)16(21)6-14(13)9-18/h4,12-16,20-21H,5-9H2,1-3H3/t12?,13-,14+,15+,16-. The summed E-state index contributed by atoms with van der Waals surface area (Å²) in [6, 6.07) is 2.55. The Bertz CT molecular complexity index is 484. The van der Waals surface area contributed by atoms with Gasteiger partial charge in [0.15, 0.2) is 0 Å². The number of fused-ring (bicyclic) bond motifs is 1. The summed E-state index contributed by atoms with van der Waals surface area (Å²) < 4.78 is 2.09. The number of likely N-dealkylation sites (tertiary alicyclic amines) is 1. The van der Waals surface area contributed by atoms with E-state index in [0.29, 0.717) is 17.9 Å². The highest BCUT2D eigenvalue weighted by Crippen LogP contribution is 2.37. The predicted molar refractivity (Wildman–Crippen MR) is 81.0 cm³/mol. The van der Waals surface area contributed by atoms with Gasteiger partial charge in [0.1, 0.15) is 0 Å². The second kappa shape index (κ2) is 5.71. The number of hydrogen-bond acceptors (Lipinski definition) is 4. The van der Waals surface area contributed by atoms with Gasteiger partial charge in [0.05, 0.1) is 24.4 Å². The molecule has 1 saturated carbocycles. The molecule has 3 rings (SSSR count). The summed E-state index contributed by atoms with van der Waals surface area (Å²) in [7, 11) is 0. The molecule has 0 radical (unpaired) electrons. The van der Waals surface area contributed by atoms with Crippen LogP contribution in [0.2, 0.25) is 0 Å². The second-order valence-corrected chi connectivity index (χ2v) is 7.04. The Morgan fingerprint density at radius 1 is 1.19 bits per heavy atom. The normalized spacial score (nSPS) is 34.9. The van der Waals surface area contributed by atoms with Crippen molar-refractivity contribution in [1.29, 1.82) is 0 Å². The summed E-state index contributed by atoms with van der Waals surface area (Å²) >= 11 is 0. The van der Waals surface area contributed by atoms with Crippen molar-refractivity contribution >= 4 is 0 Å². The molecule has 5 nitrogen and oxygen atoms in total. The van der Waals surface area contributed by atoms with Crippen LogP contribution in [0.15, 0.2) is 6.07 Å². The van der Waals surface area contributed by atoms with Crippen LogP contribution >= 0.6 is 0 Å². The van der Waals surface area contributed by atoms with Crippen molar-refractivity contribution in [3.8, 4) is 0 Å². The van der Waals surface area contributed by atoms with Crippen LogP contribution in [0.3, 0.4) is 0 Å². The van der Waals surface area contributed by atoms with E-state index in [9.17, 15) is 10.2 Å². The third kappa shape index (κ3) is 3.00. The average Bonchev–Trinajstić information content (AvgIpc) is 2.94. The van der Waals surface area contributed by atoms with Gasteiger partial charge in [0, 0.05) is 24.8 Å². The largest absolute Gasteiger partial charge is 0.390 e. The maximum absolute atomic E-state index is 9.84. The Balaban J connectivity index is 1.62. The number of rotatable bonds is 3. The molecule has 118 valence electrons. The average molecular weight is 293 g/mol. The molecule has 0 spiro atoms. The van der Waals surface area contributed by atoms with Gasteiger partial charge in [0.25, 0.3) is 0 Å². The molecule has 2 heterocycles. The van der Waals surface area contributed by atoms with Crippen molar-refractivity contribution in [3.63, 3.8) is 0 Å². The Morgan fingerprint density at radius 2 is 1.76 bits per heavy atom. The molecular formula is C16H27N3O2. The second-order valence-electron chi connectivity index (χ2n) is 7.04. The fourth-order valence-electron chi connectivity index (χ4n) is 4.03. The van der Waals surface area contributed by atoms with Gasteiger partial charge in [-0.1, -0.05) is 0 Å². The lowest BCUT2D eigenvalue weighted by Gasteiger charge is -2.32. The van der Waals surface area contributed by atoms with E-state index in [-0.39, 0.29) is 0 Å². The first-order chi connectivity index (χ1) is 9.94. The Morgan fingerprint density at radius 3 is 2.24 bits per heavy atom. The van der Waals surface area contributed by atoms with Gasteiger partial charge in [-0.25, -0.2) is 0 Å². The molecule has 1 saturated heterocycles. The molecule has 2 aliphatic rings. The summed E-state index contributed by atoms with van der Waals surface area (Å²) in [6.07, 6.45) is 0.430. The molecule has 21 heavy (non-hydrogen) atoms. The minimum atomic E-state index is -0.530. The fourth-order valence-corrected chi connectivity index (χ4v) is 4.03. The van der Waals surface area contributed by atoms with Crippen molar-refractivity contribution in [3.05, 3.63) is 17.5 Å². The lowest BCUT2D eigenvalue weighted by atomic mass is 9.79. The fraction of sp³-hybridized carbons (Fsp3) is 0.812. The molecule has 1 aromatic heterocycles. The molecule has 1 aliphatic heterocycles. The minimum Gasteiger partial charge on any atom is -0.390 e. The molecule has 2 N–H and O–H groups in total. The number of aromatic nitrogens is 2. The van der Waals surface area contributed by atoms with Gasteiger partial charge >= 0.3 is 0 Å². The topological polar surface area (TPSA) is 61.5 Å². The van der Waals surface area contributed by atoms with Crippen molar-refractivity contribution in [1.82, 2.24) is 14.7 Å². The molecule has 1 aromatic rings. The maximum Gasteiger partial charge on any atom is 0.0802 e. The van der Waals surface area contributed by atoms with Crippen molar-refractivity contribution < 1.29 is 10.2 Å². The van der Waals surface area contributed by atoms with E-state index in [2.05, 4.69) is 34.6 Å². The summed E-state index contributed by atoms with van der Waals surface area (Å²) in [5.41, 5.74) is 2.28. The van der Waals surface area contributed by atoms with E-state index in [1.54, 1.807) is 0 Å². The first-order valence-corrected chi connectivity index (χ1v) is 8.05. The van der Waals surface area contributed by atoms with E-state index >= 15 is 0 Å². The van der Waals surface area contributed by atoms with Crippen LogP contribution in [0.25, 0.3) is 0 Å². The van der Waals surface area contributed by atoms with E-state index in [1.165, 1.54) is 5.69 Å². The van der Waals surface area contributed by atoms with Crippen LogP contribution in [-0.4, -0.2) is 56.2 Å². The minimum absolute atomic E-state index is 0.433.